The van der Waals surface area contributed by atoms with Crippen LogP contribution in [0, 0.1) is 0 Å². The molecule has 0 bridgehead atoms. The van der Waals surface area contributed by atoms with Crippen molar-refractivity contribution in [1.82, 2.24) is 10.0 Å². The molecule has 1 aromatic carbocycles. The standard InChI is InChI=1S/C14H22N2O3S/c1-2-16-20(17,18)14-8-6-13(7-9-14)19-11-3-10-15-12-4-5-12/h6-9,12,15-16H,2-5,10-11H2,1H3. The fourth-order valence-corrected chi connectivity index (χ4v) is 2.89. The Hall–Kier alpha value is -1.11. The van der Waals surface area contributed by atoms with E-state index in [1.54, 1.807) is 31.2 Å². The first-order valence-corrected chi connectivity index (χ1v) is 8.56. The molecule has 6 heteroatoms. The number of sulfonamides is 1. The van der Waals surface area contributed by atoms with Gasteiger partial charge in [0.15, 0.2) is 0 Å². The first-order chi connectivity index (χ1) is 9.62. The molecule has 0 heterocycles. The van der Waals surface area contributed by atoms with Gasteiger partial charge in [0.05, 0.1) is 11.5 Å². The maximum absolute atomic E-state index is 11.8. The molecule has 1 fully saturated rings. The van der Waals surface area contributed by atoms with E-state index in [0.717, 1.165) is 19.0 Å². The number of nitrogens with one attached hydrogen (secondary N) is 2. The molecule has 0 aliphatic heterocycles. The second kappa shape index (κ2) is 7.06. The highest BCUT2D eigenvalue weighted by Gasteiger charge is 2.19. The van der Waals surface area contributed by atoms with E-state index in [2.05, 4.69) is 10.0 Å². The molecule has 20 heavy (non-hydrogen) atoms. The maximum atomic E-state index is 11.8. The molecule has 0 atom stereocenters. The van der Waals surface area contributed by atoms with Crippen molar-refractivity contribution in [3.05, 3.63) is 24.3 Å². The minimum Gasteiger partial charge on any atom is -0.494 e. The van der Waals surface area contributed by atoms with Crippen LogP contribution in [0.1, 0.15) is 26.2 Å². The monoisotopic (exact) mass is 298 g/mol. The summed E-state index contributed by atoms with van der Waals surface area (Å²) in [6, 6.07) is 7.24. The van der Waals surface area contributed by atoms with Gasteiger partial charge in [-0.15, -0.1) is 0 Å². The summed E-state index contributed by atoms with van der Waals surface area (Å²) in [6.07, 6.45) is 3.54. The lowest BCUT2D eigenvalue weighted by atomic mass is 10.3. The second-order valence-corrected chi connectivity index (χ2v) is 6.67. The topological polar surface area (TPSA) is 67.4 Å². The minimum atomic E-state index is -3.37. The molecule has 1 aliphatic rings. The van der Waals surface area contributed by atoms with Gasteiger partial charge in [-0.25, -0.2) is 13.1 Å². The van der Waals surface area contributed by atoms with Crippen molar-refractivity contribution >= 4 is 10.0 Å². The predicted molar refractivity (Wildman–Crippen MR) is 78.4 cm³/mol. The molecule has 0 spiro atoms. The maximum Gasteiger partial charge on any atom is 0.240 e. The molecule has 5 nitrogen and oxygen atoms in total. The van der Waals surface area contributed by atoms with Crippen LogP contribution in [-0.4, -0.2) is 34.2 Å². The molecule has 0 aromatic heterocycles. The van der Waals surface area contributed by atoms with Gasteiger partial charge in [0.2, 0.25) is 10.0 Å². The average Bonchev–Trinajstić information content (AvgIpc) is 3.23. The predicted octanol–water partition coefficient (Wildman–Crippen LogP) is 1.51. The Balaban J connectivity index is 1.75. The van der Waals surface area contributed by atoms with Crippen LogP contribution in [0.2, 0.25) is 0 Å². The van der Waals surface area contributed by atoms with Crippen LogP contribution >= 0.6 is 0 Å². The van der Waals surface area contributed by atoms with Gasteiger partial charge in [-0.1, -0.05) is 6.92 Å². The fourth-order valence-electron chi connectivity index (χ4n) is 1.84. The van der Waals surface area contributed by atoms with E-state index in [1.807, 2.05) is 0 Å². The van der Waals surface area contributed by atoms with Gasteiger partial charge >= 0.3 is 0 Å². The number of rotatable bonds is 9. The Morgan fingerprint density at radius 3 is 2.55 bits per heavy atom. The van der Waals surface area contributed by atoms with Crippen molar-refractivity contribution in [2.24, 2.45) is 0 Å². The summed E-state index contributed by atoms with van der Waals surface area (Å²) in [5, 5.41) is 3.42. The molecule has 0 radical (unpaired) electrons. The summed E-state index contributed by atoms with van der Waals surface area (Å²) in [6.45, 7) is 3.75. The Bertz CT molecular complexity index is 510. The zero-order valence-corrected chi connectivity index (χ0v) is 12.6. The zero-order valence-electron chi connectivity index (χ0n) is 11.8. The van der Waals surface area contributed by atoms with E-state index in [1.165, 1.54) is 12.8 Å². The van der Waals surface area contributed by atoms with Crippen molar-refractivity contribution in [2.45, 2.75) is 37.1 Å². The molecule has 1 aliphatic carbocycles. The summed E-state index contributed by atoms with van der Waals surface area (Å²) in [5.41, 5.74) is 0. The van der Waals surface area contributed by atoms with Gasteiger partial charge in [0.1, 0.15) is 5.75 Å². The smallest absolute Gasteiger partial charge is 0.240 e. The third-order valence-electron chi connectivity index (χ3n) is 3.07. The number of hydrogen-bond donors (Lipinski definition) is 2. The lowest BCUT2D eigenvalue weighted by molar-refractivity contribution is 0.308. The molecular formula is C14H22N2O3S. The molecule has 2 N–H and O–H groups in total. The molecule has 0 amide bonds. The van der Waals surface area contributed by atoms with E-state index in [4.69, 9.17) is 4.74 Å². The first-order valence-electron chi connectivity index (χ1n) is 7.08. The third kappa shape index (κ3) is 4.77. The highest BCUT2D eigenvalue weighted by Crippen LogP contribution is 2.18. The molecule has 2 rings (SSSR count). The van der Waals surface area contributed by atoms with E-state index >= 15 is 0 Å². The van der Waals surface area contributed by atoms with Crippen LogP contribution in [0.25, 0.3) is 0 Å². The van der Waals surface area contributed by atoms with Crippen LogP contribution < -0.4 is 14.8 Å². The van der Waals surface area contributed by atoms with Crippen molar-refractivity contribution < 1.29 is 13.2 Å². The average molecular weight is 298 g/mol. The van der Waals surface area contributed by atoms with Crippen LogP contribution in [0.5, 0.6) is 5.75 Å². The van der Waals surface area contributed by atoms with Crippen LogP contribution in [0.15, 0.2) is 29.2 Å². The van der Waals surface area contributed by atoms with Crippen LogP contribution in [-0.2, 0) is 10.0 Å². The summed E-state index contributed by atoms with van der Waals surface area (Å²) in [5.74, 6) is 0.701. The largest absolute Gasteiger partial charge is 0.494 e. The first kappa shape index (κ1) is 15.3. The number of benzene rings is 1. The van der Waals surface area contributed by atoms with Gasteiger partial charge in [-0.3, -0.25) is 0 Å². The SMILES string of the molecule is CCNS(=O)(=O)c1ccc(OCCCNC2CC2)cc1. The minimum absolute atomic E-state index is 0.266. The van der Waals surface area contributed by atoms with E-state index in [9.17, 15) is 8.42 Å². The Kier molecular flexibility index (Phi) is 5.39. The van der Waals surface area contributed by atoms with E-state index in [0.29, 0.717) is 18.9 Å². The van der Waals surface area contributed by atoms with Crippen molar-refractivity contribution in [3.8, 4) is 5.75 Å². The van der Waals surface area contributed by atoms with Crippen LogP contribution in [0.4, 0.5) is 0 Å². The van der Waals surface area contributed by atoms with Crippen LogP contribution in [0.3, 0.4) is 0 Å². The molecule has 112 valence electrons. The Labute approximate surface area is 120 Å². The third-order valence-corrected chi connectivity index (χ3v) is 4.63. The van der Waals surface area contributed by atoms with Gasteiger partial charge < -0.3 is 10.1 Å². The molecule has 0 unspecified atom stereocenters. The van der Waals surface area contributed by atoms with Crippen molar-refractivity contribution in [3.63, 3.8) is 0 Å². The lowest BCUT2D eigenvalue weighted by Crippen LogP contribution is -2.23. The van der Waals surface area contributed by atoms with Crippen molar-refractivity contribution in [1.29, 1.82) is 0 Å². The number of hydrogen-bond acceptors (Lipinski definition) is 4. The van der Waals surface area contributed by atoms with Gasteiger partial charge in [0, 0.05) is 12.6 Å². The van der Waals surface area contributed by atoms with E-state index < -0.39 is 10.0 Å². The normalized spacial score (nSPS) is 15.2. The molecule has 1 aromatic rings. The molecule has 1 saturated carbocycles. The van der Waals surface area contributed by atoms with Crippen molar-refractivity contribution in [2.75, 3.05) is 19.7 Å². The summed E-state index contributed by atoms with van der Waals surface area (Å²) < 4.78 is 31.5. The quantitative estimate of drug-likeness (QED) is 0.678. The zero-order chi connectivity index (χ0) is 14.4. The second-order valence-electron chi connectivity index (χ2n) is 4.90. The number of ether oxygens (including phenoxy) is 1. The van der Waals surface area contributed by atoms with Gasteiger partial charge in [0.25, 0.3) is 0 Å². The van der Waals surface area contributed by atoms with Gasteiger partial charge in [-0.2, -0.15) is 0 Å². The van der Waals surface area contributed by atoms with Gasteiger partial charge in [-0.05, 0) is 50.1 Å². The molecular weight excluding hydrogens is 276 g/mol. The van der Waals surface area contributed by atoms with E-state index in [-0.39, 0.29) is 4.90 Å². The highest BCUT2D eigenvalue weighted by molar-refractivity contribution is 7.89. The summed E-state index contributed by atoms with van der Waals surface area (Å²) in [7, 11) is -3.37. The summed E-state index contributed by atoms with van der Waals surface area (Å²) in [4.78, 5) is 0.266. The Morgan fingerprint density at radius 2 is 1.95 bits per heavy atom. The Morgan fingerprint density at radius 1 is 1.25 bits per heavy atom. The molecule has 0 saturated heterocycles. The lowest BCUT2D eigenvalue weighted by Gasteiger charge is -2.08. The fraction of sp³-hybridized carbons (Fsp3) is 0.571. The highest BCUT2D eigenvalue weighted by atomic mass is 32.2. The summed E-state index contributed by atoms with van der Waals surface area (Å²) >= 11 is 0.